The number of amides is 2. The van der Waals surface area contributed by atoms with Crippen LogP contribution in [0, 0.1) is 0 Å². The maximum absolute atomic E-state index is 11.7. The fourth-order valence-corrected chi connectivity index (χ4v) is 2.50. The van der Waals surface area contributed by atoms with Crippen LogP contribution in [0.3, 0.4) is 0 Å². The zero-order valence-electron chi connectivity index (χ0n) is 21.7. The number of rotatable bonds is 21. The van der Waals surface area contributed by atoms with Gasteiger partial charge in [-0.05, 0) is 32.1 Å². The highest BCUT2D eigenvalue weighted by atomic mass is 16.6. The Bertz CT molecular complexity index is 785. The number of esters is 5. The summed E-state index contributed by atoms with van der Waals surface area (Å²) in [5.41, 5.74) is 0. The van der Waals surface area contributed by atoms with Gasteiger partial charge in [-0.2, -0.15) is 0 Å². The molecule has 0 aliphatic carbocycles. The van der Waals surface area contributed by atoms with Crippen molar-refractivity contribution in [3.63, 3.8) is 0 Å². The van der Waals surface area contributed by atoms with Gasteiger partial charge in [0.05, 0.1) is 7.11 Å². The van der Waals surface area contributed by atoms with Crippen LogP contribution in [0.25, 0.3) is 0 Å². The van der Waals surface area contributed by atoms with Crippen molar-refractivity contribution in [1.82, 2.24) is 10.6 Å². The molecular weight excluding hydrogens is 512 g/mol. The molecule has 38 heavy (non-hydrogen) atoms. The number of unbranched alkanes of at least 4 members (excludes halogenated alkanes) is 3. The minimum absolute atomic E-state index is 0.00624. The molecule has 0 aromatic heterocycles. The molecule has 0 aliphatic rings. The molecule has 0 aromatic carbocycles. The monoisotopic (exact) mass is 548 g/mol. The second kappa shape index (κ2) is 22.4. The lowest BCUT2D eigenvalue weighted by Gasteiger charge is -2.08. The first-order valence-corrected chi connectivity index (χ1v) is 11.9. The predicted octanol–water partition coefficient (Wildman–Crippen LogP) is -1.06. The largest absolute Gasteiger partial charge is 0.466 e. The zero-order chi connectivity index (χ0) is 28.6. The van der Waals surface area contributed by atoms with Crippen molar-refractivity contribution in [2.75, 3.05) is 60.3 Å². The van der Waals surface area contributed by atoms with E-state index >= 15 is 0 Å². The molecule has 0 saturated heterocycles. The Morgan fingerprint density at radius 3 is 1.34 bits per heavy atom. The molecule has 0 fully saturated rings. The van der Waals surface area contributed by atoms with Crippen LogP contribution in [-0.2, 0) is 62.0 Å². The SMILES string of the molecule is COCC(=O)OCC(=O)NCCCCCNC(=O)COC(=O)COC(=O)CCCCC(=O)OCC(=O)OC. The Labute approximate surface area is 220 Å². The van der Waals surface area contributed by atoms with E-state index in [2.05, 4.69) is 29.6 Å². The molecule has 0 spiro atoms. The summed E-state index contributed by atoms with van der Waals surface area (Å²) in [5.74, 6) is -4.41. The van der Waals surface area contributed by atoms with E-state index < -0.39 is 61.5 Å². The molecule has 0 rings (SSSR count). The van der Waals surface area contributed by atoms with Crippen molar-refractivity contribution < 1.29 is 62.0 Å². The Hall–Kier alpha value is -3.75. The number of hydrogen-bond acceptors (Lipinski definition) is 13. The van der Waals surface area contributed by atoms with Gasteiger partial charge in [0.1, 0.15) is 6.61 Å². The summed E-state index contributed by atoms with van der Waals surface area (Å²) >= 11 is 0. The van der Waals surface area contributed by atoms with E-state index in [-0.39, 0.29) is 26.1 Å². The Kier molecular flexibility index (Phi) is 20.2. The molecule has 0 aliphatic heterocycles. The van der Waals surface area contributed by atoms with E-state index in [1.54, 1.807) is 0 Å². The van der Waals surface area contributed by atoms with Crippen LogP contribution < -0.4 is 10.6 Å². The van der Waals surface area contributed by atoms with Crippen LogP contribution in [0.5, 0.6) is 0 Å². The number of carbonyl (C=O) groups excluding carboxylic acids is 7. The average molecular weight is 549 g/mol. The summed E-state index contributed by atoms with van der Waals surface area (Å²) in [6, 6.07) is 0. The standard InChI is InChI=1S/C23H36N2O13/c1-33-14-22(31)35-12-17(26)24-10-6-3-7-11-25-18(27)13-36-23(32)16-38-20(29)9-5-4-8-19(28)37-15-21(30)34-2/h3-16H2,1-2H3,(H,24,26)(H,25,27). The Morgan fingerprint density at radius 2 is 0.895 bits per heavy atom. The lowest BCUT2D eigenvalue weighted by atomic mass is 10.2. The molecule has 2 amide bonds. The summed E-state index contributed by atoms with van der Waals surface area (Å²) in [7, 11) is 2.51. The summed E-state index contributed by atoms with van der Waals surface area (Å²) in [4.78, 5) is 79.7. The molecule has 15 nitrogen and oxygen atoms in total. The van der Waals surface area contributed by atoms with E-state index in [1.165, 1.54) is 14.2 Å². The predicted molar refractivity (Wildman–Crippen MR) is 126 cm³/mol. The van der Waals surface area contributed by atoms with E-state index in [9.17, 15) is 33.6 Å². The van der Waals surface area contributed by atoms with Gasteiger partial charge in [0.25, 0.3) is 11.8 Å². The van der Waals surface area contributed by atoms with Crippen LogP contribution in [0.4, 0.5) is 0 Å². The van der Waals surface area contributed by atoms with Crippen molar-refractivity contribution in [3.05, 3.63) is 0 Å². The van der Waals surface area contributed by atoms with E-state index in [4.69, 9.17) is 9.47 Å². The lowest BCUT2D eigenvalue weighted by molar-refractivity contribution is -0.160. The molecule has 0 unspecified atom stereocenters. The van der Waals surface area contributed by atoms with Crippen molar-refractivity contribution in [1.29, 1.82) is 0 Å². The normalized spacial score (nSPS) is 10.1. The minimum atomic E-state index is -0.886. The smallest absolute Gasteiger partial charge is 0.344 e. The second-order valence-corrected chi connectivity index (χ2v) is 7.62. The van der Waals surface area contributed by atoms with E-state index in [1.807, 2.05) is 0 Å². The van der Waals surface area contributed by atoms with Crippen LogP contribution in [0.15, 0.2) is 0 Å². The van der Waals surface area contributed by atoms with Crippen molar-refractivity contribution in [2.45, 2.75) is 44.9 Å². The first-order valence-electron chi connectivity index (χ1n) is 11.9. The molecule has 0 heterocycles. The fourth-order valence-electron chi connectivity index (χ4n) is 2.50. The van der Waals surface area contributed by atoms with E-state index in [0.29, 0.717) is 45.2 Å². The highest BCUT2D eigenvalue weighted by molar-refractivity contribution is 5.82. The first-order chi connectivity index (χ1) is 18.2. The molecule has 0 saturated carbocycles. The highest BCUT2D eigenvalue weighted by Gasteiger charge is 2.12. The van der Waals surface area contributed by atoms with Crippen LogP contribution >= 0.6 is 0 Å². The molecule has 216 valence electrons. The van der Waals surface area contributed by atoms with Gasteiger partial charge >= 0.3 is 29.8 Å². The topological polar surface area (TPSA) is 199 Å². The van der Waals surface area contributed by atoms with Gasteiger partial charge in [0.15, 0.2) is 26.4 Å². The Morgan fingerprint density at radius 1 is 0.474 bits per heavy atom. The molecule has 0 aromatic rings. The lowest BCUT2D eigenvalue weighted by Crippen LogP contribution is -2.31. The molecule has 2 N–H and O–H groups in total. The number of ether oxygens (including phenoxy) is 6. The van der Waals surface area contributed by atoms with Gasteiger partial charge in [-0.15, -0.1) is 0 Å². The fraction of sp³-hybridized carbons (Fsp3) is 0.696. The first kappa shape index (κ1) is 34.2. The van der Waals surface area contributed by atoms with Crippen molar-refractivity contribution in [3.8, 4) is 0 Å². The van der Waals surface area contributed by atoms with Gasteiger partial charge in [-0.25, -0.2) is 14.4 Å². The molecule has 15 heteroatoms. The summed E-state index contributed by atoms with van der Waals surface area (Å²) < 4.78 is 27.7. The molecular formula is C23H36N2O13. The Balaban J connectivity index is 3.66. The third-order valence-corrected chi connectivity index (χ3v) is 4.43. The van der Waals surface area contributed by atoms with Gasteiger partial charge in [0.2, 0.25) is 0 Å². The summed E-state index contributed by atoms with van der Waals surface area (Å²) in [6.45, 7) is -1.53. The van der Waals surface area contributed by atoms with Crippen molar-refractivity contribution >= 4 is 41.7 Å². The molecule has 0 bridgehead atoms. The molecule has 0 radical (unpaired) electrons. The molecule has 0 atom stereocenters. The number of hydrogen-bond donors (Lipinski definition) is 2. The van der Waals surface area contributed by atoms with Crippen LogP contribution in [0.1, 0.15) is 44.9 Å². The maximum Gasteiger partial charge on any atom is 0.344 e. The number of methoxy groups -OCH3 is 2. The minimum Gasteiger partial charge on any atom is -0.466 e. The van der Waals surface area contributed by atoms with Crippen molar-refractivity contribution in [2.24, 2.45) is 0 Å². The summed E-state index contributed by atoms with van der Waals surface area (Å²) in [6.07, 6.45) is 2.57. The third-order valence-electron chi connectivity index (χ3n) is 4.43. The van der Waals surface area contributed by atoms with Gasteiger partial charge in [0, 0.05) is 33.0 Å². The van der Waals surface area contributed by atoms with Gasteiger partial charge < -0.3 is 39.1 Å². The second-order valence-electron chi connectivity index (χ2n) is 7.62. The van der Waals surface area contributed by atoms with Crippen LogP contribution in [-0.4, -0.2) is 102 Å². The average Bonchev–Trinajstić information content (AvgIpc) is 2.90. The number of carbonyl (C=O) groups is 7. The van der Waals surface area contributed by atoms with Gasteiger partial charge in [-0.1, -0.05) is 0 Å². The van der Waals surface area contributed by atoms with E-state index in [0.717, 1.165) is 0 Å². The highest BCUT2D eigenvalue weighted by Crippen LogP contribution is 2.03. The maximum atomic E-state index is 11.7. The van der Waals surface area contributed by atoms with Gasteiger partial charge in [-0.3, -0.25) is 19.2 Å². The quantitative estimate of drug-likeness (QED) is 0.100. The third kappa shape index (κ3) is 21.5. The number of nitrogens with one attached hydrogen (secondary N) is 2. The zero-order valence-corrected chi connectivity index (χ0v) is 21.7. The summed E-state index contributed by atoms with van der Waals surface area (Å²) in [5, 5.41) is 5.16. The van der Waals surface area contributed by atoms with Crippen LogP contribution in [0.2, 0.25) is 0 Å².